The maximum Gasteiger partial charge on any atom is -0.0320 e. The Balaban J connectivity index is 0. The van der Waals surface area contributed by atoms with Gasteiger partial charge in [-0.15, -0.1) is 0 Å². The first kappa shape index (κ1) is 17.1. The SMILES string of the molecule is CC.CC.CCCC1CCC=C(C)CC1. The lowest BCUT2D eigenvalue weighted by atomic mass is 9.95. The Morgan fingerprint density at radius 1 is 1.13 bits per heavy atom. The highest BCUT2D eigenvalue weighted by molar-refractivity contribution is 5.00. The van der Waals surface area contributed by atoms with Crippen molar-refractivity contribution in [3.8, 4) is 0 Å². The maximum absolute atomic E-state index is 2.43. The maximum atomic E-state index is 2.43. The summed E-state index contributed by atoms with van der Waals surface area (Å²) in [5, 5.41) is 0. The van der Waals surface area contributed by atoms with Crippen LogP contribution in [0.2, 0.25) is 0 Å². The first-order valence-corrected chi connectivity index (χ1v) is 6.98. The molecule has 0 N–H and O–H groups in total. The quantitative estimate of drug-likeness (QED) is 0.494. The number of allylic oxidation sites excluding steroid dienone is 2. The van der Waals surface area contributed by atoms with E-state index in [0.29, 0.717) is 0 Å². The van der Waals surface area contributed by atoms with Gasteiger partial charge in [-0.3, -0.25) is 0 Å². The van der Waals surface area contributed by atoms with Crippen molar-refractivity contribution in [3.63, 3.8) is 0 Å². The third-order valence-electron chi connectivity index (χ3n) is 2.71. The second-order valence-corrected chi connectivity index (χ2v) is 3.82. The molecule has 0 heteroatoms. The molecule has 92 valence electrons. The van der Waals surface area contributed by atoms with Crippen molar-refractivity contribution in [2.45, 2.75) is 80.1 Å². The van der Waals surface area contributed by atoms with Gasteiger partial charge in [-0.25, -0.2) is 0 Å². The Labute approximate surface area is 98.2 Å². The molecule has 0 aromatic heterocycles. The predicted octanol–water partition coefficient (Wildman–Crippen LogP) is 5.98. The molecule has 1 aliphatic rings. The predicted molar refractivity (Wildman–Crippen MR) is 73.3 cm³/mol. The molecule has 0 bridgehead atoms. The molecular formula is C15H32. The zero-order chi connectivity index (χ0) is 12.1. The van der Waals surface area contributed by atoms with Gasteiger partial charge in [0.2, 0.25) is 0 Å². The van der Waals surface area contributed by atoms with Gasteiger partial charge in [0.25, 0.3) is 0 Å². The summed E-state index contributed by atoms with van der Waals surface area (Å²) in [5.41, 5.74) is 1.61. The van der Waals surface area contributed by atoms with E-state index < -0.39 is 0 Å². The van der Waals surface area contributed by atoms with E-state index in [1.807, 2.05) is 27.7 Å². The topological polar surface area (TPSA) is 0 Å². The zero-order valence-electron chi connectivity index (χ0n) is 11.9. The molecule has 15 heavy (non-hydrogen) atoms. The minimum Gasteiger partial charge on any atom is -0.0856 e. The smallest absolute Gasteiger partial charge is 0.0320 e. The van der Waals surface area contributed by atoms with Crippen LogP contribution < -0.4 is 0 Å². The van der Waals surface area contributed by atoms with E-state index >= 15 is 0 Å². The van der Waals surface area contributed by atoms with Gasteiger partial charge < -0.3 is 0 Å². The average molecular weight is 212 g/mol. The van der Waals surface area contributed by atoms with Crippen LogP contribution in [-0.4, -0.2) is 0 Å². The molecule has 0 radical (unpaired) electrons. The van der Waals surface area contributed by atoms with Crippen LogP contribution in [0, 0.1) is 5.92 Å². The zero-order valence-corrected chi connectivity index (χ0v) is 11.9. The molecule has 1 aliphatic carbocycles. The molecule has 1 atom stereocenters. The fraction of sp³-hybridized carbons (Fsp3) is 0.867. The van der Waals surface area contributed by atoms with Gasteiger partial charge in [0.05, 0.1) is 0 Å². The lowest BCUT2D eigenvalue weighted by Gasteiger charge is -2.11. The Morgan fingerprint density at radius 2 is 1.73 bits per heavy atom. The van der Waals surface area contributed by atoms with E-state index in [-0.39, 0.29) is 0 Å². The van der Waals surface area contributed by atoms with Crippen molar-refractivity contribution in [2.24, 2.45) is 5.92 Å². The Hall–Kier alpha value is -0.260. The molecule has 0 aromatic carbocycles. The summed E-state index contributed by atoms with van der Waals surface area (Å²) >= 11 is 0. The van der Waals surface area contributed by atoms with Crippen molar-refractivity contribution in [2.75, 3.05) is 0 Å². The minimum absolute atomic E-state index is 1.02. The largest absolute Gasteiger partial charge is 0.0856 e. The molecule has 0 saturated heterocycles. The molecule has 0 spiro atoms. The number of hydrogen-bond acceptors (Lipinski definition) is 0. The first-order valence-electron chi connectivity index (χ1n) is 6.98. The van der Waals surface area contributed by atoms with Crippen LogP contribution >= 0.6 is 0 Å². The van der Waals surface area contributed by atoms with E-state index in [9.17, 15) is 0 Å². The lowest BCUT2D eigenvalue weighted by Crippen LogP contribution is -1.97. The van der Waals surface area contributed by atoms with E-state index in [1.54, 1.807) is 5.57 Å². The second kappa shape index (κ2) is 13.7. The molecule has 0 amide bonds. The summed E-state index contributed by atoms with van der Waals surface area (Å²) in [4.78, 5) is 0. The molecule has 0 saturated carbocycles. The van der Waals surface area contributed by atoms with Crippen LogP contribution in [0.25, 0.3) is 0 Å². The molecule has 0 nitrogen and oxygen atoms in total. The Bertz CT molecular complexity index is 133. The van der Waals surface area contributed by atoms with Gasteiger partial charge in [0.15, 0.2) is 0 Å². The highest BCUT2D eigenvalue weighted by Gasteiger charge is 2.09. The molecule has 0 aromatic rings. The molecule has 0 fully saturated rings. The summed E-state index contributed by atoms with van der Waals surface area (Å²) in [7, 11) is 0. The number of hydrogen-bond donors (Lipinski definition) is 0. The minimum atomic E-state index is 1.02. The highest BCUT2D eigenvalue weighted by atomic mass is 14.2. The van der Waals surface area contributed by atoms with Crippen LogP contribution in [0.3, 0.4) is 0 Å². The van der Waals surface area contributed by atoms with Gasteiger partial charge in [-0.2, -0.15) is 0 Å². The Kier molecular flexibility index (Phi) is 15.7. The summed E-state index contributed by atoms with van der Waals surface area (Å²) in [6, 6.07) is 0. The van der Waals surface area contributed by atoms with Crippen LogP contribution in [0.1, 0.15) is 80.1 Å². The average Bonchev–Trinajstić information content (AvgIpc) is 2.50. The fourth-order valence-corrected chi connectivity index (χ4v) is 1.94. The standard InChI is InChI=1S/C11H20.2C2H6/c1-3-5-11-7-4-6-10(2)8-9-11;2*1-2/h6,11H,3-5,7-9H2,1-2H3;2*1-2H3. The van der Waals surface area contributed by atoms with Crippen LogP contribution in [0.15, 0.2) is 11.6 Å². The van der Waals surface area contributed by atoms with Gasteiger partial charge in [0, 0.05) is 0 Å². The Morgan fingerprint density at radius 3 is 2.27 bits per heavy atom. The highest BCUT2D eigenvalue weighted by Crippen LogP contribution is 2.25. The normalized spacial score (nSPS) is 19.9. The second-order valence-electron chi connectivity index (χ2n) is 3.82. The van der Waals surface area contributed by atoms with Crippen LogP contribution in [0.5, 0.6) is 0 Å². The molecule has 0 aliphatic heterocycles. The van der Waals surface area contributed by atoms with E-state index in [1.165, 1.54) is 38.5 Å². The van der Waals surface area contributed by atoms with Crippen molar-refractivity contribution in [3.05, 3.63) is 11.6 Å². The van der Waals surface area contributed by atoms with E-state index in [2.05, 4.69) is 19.9 Å². The first-order chi connectivity index (χ1) is 7.33. The van der Waals surface area contributed by atoms with E-state index in [0.717, 1.165) is 5.92 Å². The molecular weight excluding hydrogens is 180 g/mol. The molecule has 1 unspecified atom stereocenters. The lowest BCUT2D eigenvalue weighted by molar-refractivity contribution is 0.427. The summed E-state index contributed by atoms with van der Waals surface area (Å²) < 4.78 is 0. The van der Waals surface area contributed by atoms with Crippen molar-refractivity contribution in [1.29, 1.82) is 0 Å². The third kappa shape index (κ3) is 10.0. The third-order valence-corrected chi connectivity index (χ3v) is 2.71. The van der Waals surface area contributed by atoms with Crippen LogP contribution in [0.4, 0.5) is 0 Å². The number of rotatable bonds is 2. The van der Waals surface area contributed by atoms with E-state index in [4.69, 9.17) is 0 Å². The van der Waals surface area contributed by atoms with Crippen molar-refractivity contribution < 1.29 is 0 Å². The van der Waals surface area contributed by atoms with Crippen molar-refractivity contribution in [1.82, 2.24) is 0 Å². The van der Waals surface area contributed by atoms with Crippen LogP contribution in [-0.2, 0) is 0 Å². The summed E-state index contributed by atoms with van der Waals surface area (Å²) in [6.07, 6.45) is 10.8. The molecule has 0 heterocycles. The van der Waals surface area contributed by atoms with Gasteiger partial charge >= 0.3 is 0 Å². The summed E-state index contributed by atoms with van der Waals surface area (Å²) in [5.74, 6) is 1.02. The summed E-state index contributed by atoms with van der Waals surface area (Å²) in [6.45, 7) is 12.6. The van der Waals surface area contributed by atoms with Gasteiger partial charge in [-0.1, -0.05) is 59.1 Å². The molecule has 1 rings (SSSR count). The fourth-order valence-electron chi connectivity index (χ4n) is 1.94. The van der Waals surface area contributed by atoms with Gasteiger partial charge in [0.1, 0.15) is 0 Å². The monoisotopic (exact) mass is 212 g/mol. The van der Waals surface area contributed by atoms with Gasteiger partial charge in [-0.05, 0) is 38.5 Å². The van der Waals surface area contributed by atoms with Crippen molar-refractivity contribution >= 4 is 0 Å².